The zero-order valence-corrected chi connectivity index (χ0v) is 38.9. The van der Waals surface area contributed by atoms with E-state index < -0.39 is 12.0 Å². The molecule has 72 heavy (non-hydrogen) atoms. The molecule has 18 heteroatoms. The molecule has 21 aliphatic rings. The molecule has 27 rings (SSSR count). The first-order valence-corrected chi connectivity index (χ1v) is 23.2. The van der Waals surface area contributed by atoms with Crippen LogP contribution in [0, 0.1) is 5.41 Å². The summed E-state index contributed by atoms with van der Waals surface area (Å²) in [5.74, 6) is 1.58. The average molecular weight is 961 g/mol. The number of hydrogen-bond donors (Lipinski definition) is 10. The van der Waals surface area contributed by atoms with Gasteiger partial charge in [0.1, 0.15) is 55.5 Å². The Bertz CT molecular complexity index is 3450. The number of nitrogens with two attached hydrogens (primary N) is 9. The molecule has 0 saturated heterocycles. The van der Waals surface area contributed by atoms with Crippen molar-refractivity contribution in [2.24, 2.45) is 71.6 Å². The molecule has 0 spiro atoms. The van der Waals surface area contributed by atoms with E-state index in [0.717, 1.165) is 77.9 Å². The van der Waals surface area contributed by atoms with Crippen molar-refractivity contribution < 1.29 is 18.9 Å². The summed E-state index contributed by atoms with van der Waals surface area (Å²) >= 11 is 0. The fourth-order valence-corrected chi connectivity index (χ4v) is 10.8. The number of guanidine groups is 4. The second-order valence-corrected chi connectivity index (χ2v) is 18.4. The number of benzene rings is 6. The van der Waals surface area contributed by atoms with Gasteiger partial charge in [0.25, 0.3) is 0 Å². The maximum Gasteiger partial charge on any atom is 0.191 e. The zero-order chi connectivity index (χ0) is 49.9. The predicted molar refractivity (Wildman–Crippen MR) is 278 cm³/mol. The third-order valence-corrected chi connectivity index (χ3v) is 13.6. The van der Waals surface area contributed by atoms with Crippen molar-refractivity contribution in [1.29, 1.82) is 5.41 Å². The van der Waals surface area contributed by atoms with Crippen LogP contribution in [0.3, 0.4) is 0 Å². The smallest absolute Gasteiger partial charge is 0.191 e. The molecule has 20 bridgehead atoms. The van der Waals surface area contributed by atoms with Gasteiger partial charge in [-0.1, -0.05) is 60.2 Å². The van der Waals surface area contributed by atoms with Gasteiger partial charge in [0, 0.05) is 40.9 Å². The molecule has 0 amide bonds. The molecule has 4 atom stereocenters. The summed E-state index contributed by atoms with van der Waals surface area (Å²) in [4.78, 5) is 18.3. The molecule has 18 nitrogen and oxygen atoms in total. The Morgan fingerprint density at radius 3 is 1.60 bits per heavy atom. The summed E-state index contributed by atoms with van der Waals surface area (Å²) in [7, 11) is 0. The van der Waals surface area contributed by atoms with E-state index in [0.29, 0.717) is 46.5 Å². The summed E-state index contributed by atoms with van der Waals surface area (Å²) in [6.45, 7) is 0.757. The van der Waals surface area contributed by atoms with Crippen LogP contribution < -0.4 is 70.6 Å². The first-order chi connectivity index (χ1) is 34.7. The van der Waals surface area contributed by atoms with Crippen molar-refractivity contribution >= 4 is 46.6 Å². The third kappa shape index (κ3) is 8.33. The molecule has 0 saturated carbocycles. The Morgan fingerprint density at radius 2 is 1.01 bits per heavy atom. The Labute approximate surface area is 414 Å². The van der Waals surface area contributed by atoms with Crippen LogP contribution in [0.15, 0.2) is 147 Å². The summed E-state index contributed by atoms with van der Waals surface area (Å²) in [5.41, 5.74) is 68.8. The van der Waals surface area contributed by atoms with E-state index in [2.05, 4.69) is 50.3 Å². The van der Waals surface area contributed by atoms with E-state index in [-0.39, 0.29) is 67.9 Å². The molecule has 3 unspecified atom stereocenters. The Kier molecular flexibility index (Phi) is 11.1. The molecule has 19 N–H and O–H groups in total. The molecule has 15 heterocycles. The highest BCUT2D eigenvalue weighted by Crippen LogP contribution is 2.56. The molecule has 15 aliphatic heterocycles. The minimum Gasteiger partial charge on any atom is -0.489 e. The minimum absolute atomic E-state index is 0.0863. The number of nitrogens with one attached hydrogen (secondary N) is 1. The fraction of sp³-hybridized carbons (Fsp3) is 0.167. The van der Waals surface area contributed by atoms with Gasteiger partial charge < -0.3 is 70.6 Å². The van der Waals surface area contributed by atoms with Crippen LogP contribution in [0.25, 0.3) is 5.57 Å². The SMILES string of the molecule is N=C(N)CC1=C[C@H]2c3ccc4cc3C1c1ccc(cc12)OCc1ccc(c(N=C(N)N)c1)COc1ccc2c(c1)C1c3ccc(cc3C2=C(N=C(N)N)C1N=C(N)N)OCc1ccc(c(N=C(N)N)c1)CO4. The first kappa shape index (κ1) is 45.0. The highest BCUT2D eigenvalue weighted by atomic mass is 16.5. The van der Waals surface area contributed by atoms with Crippen molar-refractivity contribution in [2.45, 2.75) is 56.6 Å². The van der Waals surface area contributed by atoms with E-state index in [1.807, 2.05) is 84.9 Å². The Hall–Kier alpha value is -9.45. The number of amidine groups is 1. The van der Waals surface area contributed by atoms with Gasteiger partial charge in [0.15, 0.2) is 23.8 Å². The van der Waals surface area contributed by atoms with Crippen molar-refractivity contribution in [1.82, 2.24) is 0 Å². The van der Waals surface area contributed by atoms with E-state index in [9.17, 15) is 0 Å². The number of ether oxygens (including phenoxy) is 4. The molecule has 6 aromatic rings. The number of fused-ring (bicyclic) bond motifs is 1. The number of hydrogen-bond acceptors (Lipinski definition) is 9. The first-order valence-electron chi connectivity index (χ1n) is 23.2. The van der Waals surface area contributed by atoms with Gasteiger partial charge in [-0.25, -0.2) is 20.0 Å². The number of rotatable bonds is 6. The predicted octanol–water partition coefficient (Wildman–Crippen LogP) is 5.10. The van der Waals surface area contributed by atoms with E-state index >= 15 is 0 Å². The molecule has 0 radical (unpaired) electrons. The quantitative estimate of drug-likeness (QED) is 0.0591. The fourth-order valence-electron chi connectivity index (χ4n) is 10.8. The second kappa shape index (κ2) is 17.8. The summed E-state index contributed by atoms with van der Waals surface area (Å²) < 4.78 is 25.9. The van der Waals surface area contributed by atoms with Gasteiger partial charge >= 0.3 is 0 Å². The third-order valence-electron chi connectivity index (χ3n) is 13.6. The lowest BCUT2D eigenvalue weighted by atomic mass is 9.64. The lowest BCUT2D eigenvalue weighted by molar-refractivity contribution is 0.302. The molecule has 6 aromatic carbocycles. The van der Waals surface area contributed by atoms with Crippen molar-refractivity contribution in [3.05, 3.63) is 193 Å². The van der Waals surface area contributed by atoms with Gasteiger partial charge in [0.2, 0.25) is 0 Å². The molecule has 0 aromatic heterocycles. The van der Waals surface area contributed by atoms with Gasteiger partial charge in [-0.15, -0.1) is 0 Å². The van der Waals surface area contributed by atoms with E-state index in [1.54, 1.807) is 0 Å². The monoisotopic (exact) mass is 960 g/mol. The summed E-state index contributed by atoms with van der Waals surface area (Å²) in [6, 6.07) is 35.0. The highest BCUT2D eigenvalue weighted by Gasteiger charge is 2.44. The second-order valence-electron chi connectivity index (χ2n) is 18.4. The molecule has 6 aliphatic carbocycles. The molecule has 362 valence electrons. The average Bonchev–Trinajstić information content (AvgIpc) is 3.33. The largest absolute Gasteiger partial charge is 0.489 e. The van der Waals surface area contributed by atoms with Gasteiger partial charge in [-0.3, -0.25) is 5.41 Å². The van der Waals surface area contributed by atoms with Crippen LogP contribution in [0.4, 0.5) is 11.4 Å². The van der Waals surface area contributed by atoms with E-state index in [1.165, 1.54) is 0 Å². The van der Waals surface area contributed by atoms with Crippen LogP contribution in [0.5, 0.6) is 23.0 Å². The number of allylic oxidation sites excluding steroid dienone is 1. The maximum absolute atomic E-state index is 8.22. The van der Waals surface area contributed by atoms with Crippen LogP contribution in [-0.4, -0.2) is 35.7 Å². The lowest BCUT2D eigenvalue weighted by Crippen LogP contribution is -2.36. The highest BCUT2D eigenvalue weighted by molar-refractivity contribution is 5.95. The Morgan fingerprint density at radius 1 is 0.486 bits per heavy atom. The Balaban J connectivity index is 0.998. The standard InChI is InChI=1S/C54H52N14O4/c55-45(56)16-29-15-38-34-9-5-32-18-40(34)46(29)35-10-6-30(17-39(35)38)69-21-25-1-3-28(43(13-25)65-51(57)58)24-72-33-8-12-37-42(20-33)48-36-11-7-31(19-41(36)47(37)49(67-53(61)62)50(48)68-54(63)64)70-22-26-2-4-27(23-71-32)44(14-26)66-52(59)60/h1-15,17-20,38,46,48,50H,16,21-24H2,(H3,55,56)(H4,57,58,65)(H4,59,60,66)(H4,61,62,67)(H4,63,64,68)/t38-,46?,48?,50?/m0/s1. The van der Waals surface area contributed by atoms with Crippen LogP contribution in [-0.2, 0) is 26.4 Å². The lowest BCUT2D eigenvalue weighted by Gasteiger charge is -2.41. The summed E-state index contributed by atoms with van der Waals surface area (Å²) in [6.07, 6.45) is 2.58. The topological polar surface area (TPSA) is 344 Å². The number of aliphatic imine (C=N–C) groups is 4. The molecular weight excluding hydrogens is 909 g/mol. The zero-order valence-electron chi connectivity index (χ0n) is 38.9. The molecular formula is C54H52N14O4. The van der Waals surface area contributed by atoms with Crippen molar-refractivity contribution in [3.8, 4) is 23.0 Å². The summed E-state index contributed by atoms with van der Waals surface area (Å²) in [5, 5.41) is 8.22. The van der Waals surface area contributed by atoms with E-state index in [4.69, 9.17) is 76.0 Å². The van der Waals surface area contributed by atoms with Gasteiger partial charge in [-0.05, 0) is 116 Å². The van der Waals surface area contributed by atoms with Crippen molar-refractivity contribution in [2.75, 3.05) is 0 Å². The molecule has 0 fully saturated rings. The van der Waals surface area contributed by atoms with Crippen LogP contribution in [0.1, 0.15) is 90.9 Å². The van der Waals surface area contributed by atoms with Crippen LogP contribution >= 0.6 is 0 Å². The van der Waals surface area contributed by atoms with Crippen LogP contribution in [0.2, 0.25) is 0 Å². The maximum atomic E-state index is 8.22. The van der Waals surface area contributed by atoms with Crippen molar-refractivity contribution in [3.63, 3.8) is 0 Å². The number of nitrogens with zero attached hydrogens (tertiary/aromatic N) is 4. The van der Waals surface area contributed by atoms with Gasteiger partial charge in [-0.2, -0.15) is 0 Å². The minimum atomic E-state index is -0.650. The van der Waals surface area contributed by atoms with Gasteiger partial charge in [0.05, 0.1) is 22.9 Å². The normalized spacial score (nSPS) is 18.6.